The van der Waals surface area contributed by atoms with Crippen LogP contribution in [0.5, 0.6) is 0 Å². The second kappa shape index (κ2) is 4.40. The Kier molecular flexibility index (Phi) is 3.06. The first-order valence-electron chi connectivity index (χ1n) is 5.81. The quantitative estimate of drug-likeness (QED) is 0.770. The molecule has 0 aromatic carbocycles. The van der Waals surface area contributed by atoms with E-state index >= 15 is 0 Å². The monoisotopic (exact) mass is 251 g/mol. The first kappa shape index (κ1) is 12.5. The van der Waals surface area contributed by atoms with Gasteiger partial charge < -0.3 is 10.2 Å². The Morgan fingerprint density at radius 3 is 2.89 bits per heavy atom. The standard InChI is InChI=1S/C11H17N5O2/c1-11(2)7(4-9(17)16(11)3)10(18)12-5-8-13-6-14-15-8/h6-7H,4-5H2,1-3H3,(H,12,18)(H,13,14,15)/t7-/m1/s1. The zero-order valence-electron chi connectivity index (χ0n) is 10.7. The van der Waals surface area contributed by atoms with E-state index in [1.807, 2.05) is 13.8 Å². The van der Waals surface area contributed by atoms with Crippen molar-refractivity contribution in [3.63, 3.8) is 0 Å². The van der Waals surface area contributed by atoms with Crippen LogP contribution >= 0.6 is 0 Å². The first-order chi connectivity index (χ1) is 8.43. The minimum atomic E-state index is -0.456. The lowest BCUT2D eigenvalue weighted by Gasteiger charge is -2.32. The second-order valence-electron chi connectivity index (χ2n) is 5.01. The molecule has 1 fully saturated rings. The Balaban J connectivity index is 1.99. The fourth-order valence-corrected chi connectivity index (χ4v) is 2.14. The smallest absolute Gasteiger partial charge is 0.226 e. The van der Waals surface area contributed by atoms with Gasteiger partial charge in [-0.25, -0.2) is 4.98 Å². The van der Waals surface area contributed by atoms with Gasteiger partial charge in [-0.15, -0.1) is 0 Å². The second-order valence-corrected chi connectivity index (χ2v) is 5.01. The normalized spacial score (nSPS) is 22.3. The molecule has 1 saturated heterocycles. The van der Waals surface area contributed by atoms with E-state index < -0.39 is 5.54 Å². The number of nitrogens with zero attached hydrogens (tertiary/aromatic N) is 3. The maximum atomic E-state index is 12.1. The van der Waals surface area contributed by atoms with Crippen LogP contribution in [0.15, 0.2) is 6.33 Å². The van der Waals surface area contributed by atoms with Crippen LogP contribution in [-0.4, -0.2) is 44.5 Å². The molecule has 0 saturated carbocycles. The number of carbonyl (C=O) groups excluding carboxylic acids is 2. The predicted molar refractivity (Wildman–Crippen MR) is 63.2 cm³/mol. The van der Waals surface area contributed by atoms with E-state index in [0.29, 0.717) is 12.4 Å². The number of aromatic nitrogens is 3. The first-order valence-corrected chi connectivity index (χ1v) is 5.81. The summed E-state index contributed by atoms with van der Waals surface area (Å²) in [5.41, 5.74) is -0.456. The Hall–Kier alpha value is -1.92. The molecule has 1 aliphatic rings. The predicted octanol–water partition coefficient (Wildman–Crippen LogP) is -0.322. The van der Waals surface area contributed by atoms with Crippen molar-refractivity contribution in [3.05, 3.63) is 12.2 Å². The van der Waals surface area contributed by atoms with Gasteiger partial charge >= 0.3 is 0 Å². The van der Waals surface area contributed by atoms with Gasteiger partial charge in [0.1, 0.15) is 12.2 Å². The van der Waals surface area contributed by atoms with Crippen LogP contribution in [-0.2, 0) is 16.1 Å². The van der Waals surface area contributed by atoms with Crippen LogP contribution in [0.25, 0.3) is 0 Å². The lowest BCUT2D eigenvalue weighted by molar-refractivity contribution is -0.128. The number of amides is 2. The number of likely N-dealkylation sites (tertiary alicyclic amines) is 1. The van der Waals surface area contributed by atoms with Crippen LogP contribution in [0.2, 0.25) is 0 Å². The van der Waals surface area contributed by atoms with E-state index in [-0.39, 0.29) is 24.2 Å². The Labute approximate surface area is 105 Å². The van der Waals surface area contributed by atoms with Crippen molar-refractivity contribution in [2.45, 2.75) is 32.4 Å². The molecule has 1 aromatic rings. The third-order valence-corrected chi connectivity index (χ3v) is 3.68. The van der Waals surface area contributed by atoms with Gasteiger partial charge in [0.2, 0.25) is 11.8 Å². The molecule has 1 aromatic heterocycles. The summed E-state index contributed by atoms with van der Waals surface area (Å²) in [5.74, 6) is 0.130. The van der Waals surface area contributed by atoms with Crippen molar-refractivity contribution < 1.29 is 9.59 Å². The lowest BCUT2D eigenvalue weighted by Crippen LogP contribution is -2.46. The topological polar surface area (TPSA) is 91.0 Å². The summed E-state index contributed by atoms with van der Waals surface area (Å²) in [6.07, 6.45) is 1.64. The Bertz CT molecular complexity index is 454. The Morgan fingerprint density at radius 2 is 2.39 bits per heavy atom. The van der Waals surface area contributed by atoms with E-state index in [9.17, 15) is 9.59 Å². The van der Waals surface area contributed by atoms with E-state index in [1.165, 1.54) is 6.33 Å². The maximum absolute atomic E-state index is 12.1. The molecule has 0 bridgehead atoms. The van der Waals surface area contributed by atoms with Crippen molar-refractivity contribution in [1.82, 2.24) is 25.4 Å². The summed E-state index contributed by atoms with van der Waals surface area (Å²) in [6, 6.07) is 0. The van der Waals surface area contributed by atoms with Crippen molar-refractivity contribution in [2.75, 3.05) is 7.05 Å². The van der Waals surface area contributed by atoms with Crippen molar-refractivity contribution >= 4 is 11.8 Å². The highest BCUT2D eigenvalue weighted by Gasteiger charge is 2.47. The molecule has 0 aliphatic carbocycles. The largest absolute Gasteiger partial charge is 0.348 e. The average Bonchev–Trinajstić information content (AvgIpc) is 2.90. The molecule has 2 rings (SSSR count). The molecule has 2 amide bonds. The third kappa shape index (κ3) is 2.07. The van der Waals surface area contributed by atoms with Gasteiger partial charge in [0.25, 0.3) is 0 Å². The average molecular weight is 251 g/mol. The van der Waals surface area contributed by atoms with Crippen LogP contribution in [0.1, 0.15) is 26.1 Å². The lowest BCUT2D eigenvalue weighted by atomic mass is 9.88. The van der Waals surface area contributed by atoms with Crippen LogP contribution < -0.4 is 5.32 Å². The molecule has 0 spiro atoms. The van der Waals surface area contributed by atoms with Gasteiger partial charge in [0.15, 0.2) is 0 Å². The summed E-state index contributed by atoms with van der Waals surface area (Å²) in [7, 11) is 1.73. The molecular formula is C11H17N5O2. The third-order valence-electron chi connectivity index (χ3n) is 3.68. The van der Waals surface area contributed by atoms with Gasteiger partial charge in [0, 0.05) is 19.0 Å². The summed E-state index contributed by atoms with van der Waals surface area (Å²) < 4.78 is 0. The molecule has 2 heterocycles. The van der Waals surface area contributed by atoms with Crippen molar-refractivity contribution in [2.24, 2.45) is 5.92 Å². The number of H-pyrrole nitrogens is 1. The fraction of sp³-hybridized carbons (Fsp3) is 0.636. The van der Waals surface area contributed by atoms with Gasteiger partial charge in [-0.2, -0.15) is 5.10 Å². The molecule has 7 nitrogen and oxygen atoms in total. The van der Waals surface area contributed by atoms with Gasteiger partial charge in [-0.05, 0) is 13.8 Å². The molecule has 1 atom stereocenters. The maximum Gasteiger partial charge on any atom is 0.226 e. The van der Waals surface area contributed by atoms with Gasteiger partial charge in [-0.1, -0.05) is 0 Å². The number of hydrogen-bond acceptors (Lipinski definition) is 4. The summed E-state index contributed by atoms with van der Waals surface area (Å²) in [6.45, 7) is 4.09. The highest BCUT2D eigenvalue weighted by Crippen LogP contribution is 2.34. The number of rotatable bonds is 3. The van der Waals surface area contributed by atoms with Crippen molar-refractivity contribution in [3.8, 4) is 0 Å². The zero-order chi connectivity index (χ0) is 13.3. The molecule has 18 heavy (non-hydrogen) atoms. The highest BCUT2D eigenvalue weighted by molar-refractivity contribution is 5.90. The molecule has 98 valence electrons. The van der Waals surface area contributed by atoms with E-state index in [2.05, 4.69) is 20.5 Å². The highest BCUT2D eigenvalue weighted by atomic mass is 16.2. The van der Waals surface area contributed by atoms with Crippen LogP contribution in [0.4, 0.5) is 0 Å². The molecule has 2 N–H and O–H groups in total. The minimum absolute atomic E-state index is 0.000171. The molecule has 0 unspecified atom stereocenters. The zero-order valence-corrected chi connectivity index (χ0v) is 10.7. The van der Waals surface area contributed by atoms with E-state index in [0.717, 1.165) is 0 Å². The fourth-order valence-electron chi connectivity index (χ4n) is 2.14. The number of aromatic amines is 1. The molecular weight excluding hydrogens is 234 g/mol. The number of nitrogens with one attached hydrogen (secondary N) is 2. The van der Waals surface area contributed by atoms with E-state index in [1.54, 1.807) is 11.9 Å². The van der Waals surface area contributed by atoms with Gasteiger partial charge in [-0.3, -0.25) is 14.7 Å². The molecule has 7 heteroatoms. The van der Waals surface area contributed by atoms with Crippen molar-refractivity contribution in [1.29, 1.82) is 0 Å². The summed E-state index contributed by atoms with van der Waals surface area (Å²) >= 11 is 0. The van der Waals surface area contributed by atoms with Crippen LogP contribution in [0.3, 0.4) is 0 Å². The van der Waals surface area contributed by atoms with Crippen LogP contribution in [0, 0.1) is 5.92 Å². The molecule has 1 aliphatic heterocycles. The molecule has 0 radical (unpaired) electrons. The minimum Gasteiger partial charge on any atom is -0.348 e. The number of carbonyl (C=O) groups is 2. The summed E-state index contributed by atoms with van der Waals surface area (Å²) in [5, 5.41) is 9.14. The SMILES string of the molecule is CN1C(=O)C[C@H](C(=O)NCc2ncn[nH]2)C1(C)C. The van der Waals surface area contributed by atoms with E-state index in [4.69, 9.17) is 0 Å². The summed E-state index contributed by atoms with van der Waals surface area (Å²) in [4.78, 5) is 29.3. The number of hydrogen-bond donors (Lipinski definition) is 2. The van der Waals surface area contributed by atoms with Gasteiger partial charge in [0.05, 0.1) is 12.5 Å². The Morgan fingerprint density at radius 1 is 1.67 bits per heavy atom.